The summed E-state index contributed by atoms with van der Waals surface area (Å²) in [6, 6.07) is 5.58. The van der Waals surface area contributed by atoms with Gasteiger partial charge in [0.05, 0.1) is 22.7 Å². The highest BCUT2D eigenvalue weighted by molar-refractivity contribution is 7.90. The zero-order valence-electron chi connectivity index (χ0n) is 15.2. The molecule has 1 aromatic carbocycles. The van der Waals surface area contributed by atoms with Crippen molar-refractivity contribution in [2.24, 2.45) is 5.92 Å². The number of hydrogen-bond acceptors (Lipinski definition) is 4. The number of hydrogen-bond donors (Lipinski definition) is 0. The molecule has 0 aromatic heterocycles. The molecule has 1 aliphatic heterocycles. The van der Waals surface area contributed by atoms with Gasteiger partial charge in [-0.05, 0) is 37.0 Å². The Bertz CT molecular complexity index is 867. The van der Waals surface area contributed by atoms with Crippen molar-refractivity contribution >= 4 is 15.5 Å². The minimum atomic E-state index is -4.56. The number of benzene rings is 1. The monoisotopic (exact) mass is 424 g/mol. The van der Waals surface area contributed by atoms with Gasteiger partial charge in [-0.2, -0.15) is 13.2 Å². The number of anilines is 1. The summed E-state index contributed by atoms with van der Waals surface area (Å²) in [7, 11) is -3.54. The van der Waals surface area contributed by atoms with E-state index < -0.39 is 40.0 Å². The van der Waals surface area contributed by atoms with Gasteiger partial charge in [-0.3, -0.25) is 5.01 Å². The van der Waals surface area contributed by atoms with Crippen molar-refractivity contribution in [3.05, 3.63) is 36.0 Å². The molecule has 4 nitrogen and oxygen atoms in total. The van der Waals surface area contributed by atoms with E-state index in [0.29, 0.717) is 12.8 Å². The van der Waals surface area contributed by atoms with E-state index in [-0.39, 0.29) is 30.0 Å². The third-order valence-electron chi connectivity index (χ3n) is 5.02. The second kappa shape index (κ2) is 7.29. The van der Waals surface area contributed by atoms with Crippen molar-refractivity contribution in [1.82, 2.24) is 5.01 Å². The highest BCUT2D eigenvalue weighted by atomic mass is 32.2. The lowest BCUT2D eigenvalue weighted by molar-refractivity contribution is -0.0944. The second-order valence-electron chi connectivity index (χ2n) is 7.43. The maximum Gasteiger partial charge on any atom is 0.415 e. The van der Waals surface area contributed by atoms with Crippen LogP contribution in [-0.2, 0) is 9.84 Å². The summed E-state index contributed by atoms with van der Waals surface area (Å²) in [5, 5.41) is 2.58. The maximum absolute atomic E-state index is 13.7. The smallest absolute Gasteiger partial charge is 0.281 e. The van der Waals surface area contributed by atoms with E-state index in [1.54, 1.807) is 0 Å². The summed E-state index contributed by atoms with van der Waals surface area (Å²) < 4.78 is 90.7. The zero-order valence-corrected chi connectivity index (χ0v) is 16.0. The Labute approximate surface area is 160 Å². The van der Waals surface area contributed by atoms with Gasteiger partial charge in [-0.15, -0.1) is 0 Å². The Morgan fingerprint density at radius 2 is 1.96 bits per heavy atom. The quantitative estimate of drug-likeness (QED) is 0.672. The molecule has 3 rings (SSSR count). The minimum Gasteiger partial charge on any atom is -0.281 e. The van der Waals surface area contributed by atoms with E-state index in [9.17, 15) is 30.4 Å². The van der Waals surface area contributed by atoms with Gasteiger partial charge in [-0.25, -0.2) is 22.2 Å². The summed E-state index contributed by atoms with van der Waals surface area (Å²) in [6.45, 7) is -0.427. The van der Waals surface area contributed by atoms with E-state index in [1.165, 1.54) is 34.3 Å². The standard InChI is InChI=1S/C18H21F5N2O2S/c1-28(26,27)16-6-2-5-15(8-16)25-12-14(18(21,22)23)11-24(25)10-13-4-3-7-17(19,20)9-13/h2,5-6,8,12-13H,3-4,7,9-11H2,1H3. The van der Waals surface area contributed by atoms with Crippen molar-refractivity contribution in [3.63, 3.8) is 0 Å². The number of halogens is 5. The number of rotatable bonds is 4. The Hall–Kier alpha value is -1.68. The molecule has 156 valence electrons. The van der Waals surface area contributed by atoms with Crippen LogP contribution in [0.25, 0.3) is 0 Å². The van der Waals surface area contributed by atoms with Gasteiger partial charge in [-0.1, -0.05) is 6.07 Å². The molecule has 0 saturated heterocycles. The van der Waals surface area contributed by atoms with Crippen LogP contribution in [0.4, 0.5) is 27.6 Å². The van der Waals surface area contributed by atoms with Crippen molar-refractivity contribution in [3.8, 4) is 0 Å². The maximum atomic E-state index is 13.7. The van der Waals surface area contributed by atoms with Crippen LogP contribution in [0, 0.1) is 5.92 Å². The summed E-state index contributed by atoms with van der Waals surface area (Å²) in [6.07, 6.45) is -2.35. The molecule has 1 unspecified atom stereocenters. The molecule has 1 heterocycles. The van der Waals surface area contributed by atoms with E-state index in [1.807, 2.05) is 0 Å². The number of alkyl halides is 5. The third kappa shape index (κ3) is 4.83. The molecule has 0 bridgehead atoms. The van der Waals surface area contributed by atoms with Crippen LogP contribution in [0.2, 0.25) is 0 Å². The fraction of sp³-hybridized carbons (Fsp3) is 0.556. The van der Waals surface area contributed by atoms with Gasteiger partial charge in [0.15, 0.2) is 9.84 Å². The Morgan fingerprint density at radius 3 is 2.57 bits per heavy atom. The van der Waals surface area contributed by atoms with Crippen LogP contribution in [0.3, 0.4) is 0 Å². The van der Waals surface area contributed by atoms with Crippen LogP contribution < -0.4 is 5.01 Å². The van der Waals surface area contributed by atoms with Gasteiger partial charge >= 0.3 is 6.18 Å². The fourth-order valence-electron chi connectivity index (χ4n) is 3.68. The molecule has 1 aliphatic carbocycles. The molecular weight excluding hydrogens is 403 g/mol. The minimum absolute atomic E-state index is 0.0250. The molecule has 0 radical (unpaired) electrons. The van der Waals surface area contributed by atoms with Gasteiger partial charge in [0, 0.05) is 31.8 Å². The second-order valence-corrected chi connectivity index (χ2v) is 9.45. The lowest BCUT2D eigenvalue weighted by Gasteiger charge is -2.35. The van der Waals surface area contributed by atoms with Crippen molar-refractivity contribution in [1.29, 1.82) is 0 Å². The number of sulfone groups is 1. The average molecular weight is 424 g/mol. The van der Waals surface area contributed by atoms with Crippen LogP contribution >= 0.6 is 0 Å². The van der Waals surface area contributed by atoms with Gasteiger partial charge in [0.25, 0.3) is 0 Å². The van der Waals surface area contributed by atoms with Crippen molar-refractivity contribution in [2.45, 2.75) is 42.7 Å². The first kappa shape index (κ1) is 21.0. The van der Waals surface area contributed by atoms with Crippen molar-refractivity contribution < 1.29 is 30.4 Å². The SMILES string of the molecule is CS(=O)(=O)c1cccc(N2C=C(C(F)(F)F)CN2CC2CCCC(F)(F)C2)c1. The largest absolute Gasteiger partial charge is 0.415 e. The third-order valence-corrected chi connectivity index (χ3v) is 6.13. The average Bonchev–Trinajstić information content (AvgIpc) is 2.97. The summed E-state index contributed by atoms with van der Waals surface area (Å²) >= 11 is 0. The van der Waals surface area contributed by atoms with E-state index in [2.05, 4.69) is 0 Å². The van der Waals surface area contributed by atoms with Crippen LogP contribution in [0.1, 0.15) is 25.7 Å². The lowest BCUT2D eigenvalue weighted by atomic mass is 9.86. The first-order valence-electron chi connectivity index (χ1n) is 8.85. The van der Waals surface area contributed by atoms with E-state index >= 15 is 0 Å². The Balaban J connectivity index is 1.89. The van der Waals surface area contributed by atoms with E-state index in [4.69, 9.17) is 0 Å². The predicted octanol–water partition coefficient (Wildman–Crippen LogP) is 4.40. The summed E-state index contributed by atoms with van der Waals surface area (Å²) in [5.74, 6) is -3.24. The first-order valence-corrected chi connectivity index (χ1v) is 10.7. The normalized spacial score (nSPS) is 23.7. The van der Waals surface area contributed by atoms with Gasteiger partial charge in [0.1, 0.15) is 0 Å². The van der Waals surface area contributed by atoms with E-state index in [0.717, 1.165) is 12.5 Å². The Morgan fingerprint density at radius 1 is 1.25 bits per heavy atom. The summed E-state index contributed by atoms with van der Waals surface area (Å²) in [4.78, 5) is -0.0250. The predicted molar refractivity (Wildman–Crippen MR) is 94.6 cm³/mol. The fourth-order valence-corrected chi connectivity index (χ4v) is 4.34. The molecule has 0 N–H and O–H groups in total. The zero-order chi connectivity index (χ0) is 20.7. The number of hydrazine groups is 1. The molecule has 2 aliphatic rings. The molecule has 0 amide bonds. The first-order chi connectivity index (χ1) is 12.9. The molecule has 1 atom stereocenters. The van der Waals surface area contributed by atoms with Gasteiger partial charge < -0.3 is 0 Å². The molecule has 28 heavy (non-hydrogen) atoms. The number of nitrogens with zero attached hydrogens (tertiary/aromatic N) is 2. The topological polar surface area (TPSA) is 40.6 Å². The molecule has 0 spiro atoms. The van der Waals surface area contributed by atoms with Crippen LogP contribution in [0.5, 0.6) is 0 Å². The van der Waals surface area contributed by atoms with Crippen LogP contribution in [0.15, 0.2) is 40.9 Å². The summed E-state index contributed by atoms with van der Waals surface area (Å²) in [5.41, 5.74) is -0.565. The molecule has 1 fully saturated rings. The Kier molecular flexibility index (Phi) is 5.48. The highest BCUT2D eigenvalue weighted by Crippen LogP contribution is 2.39. The molecule has 10 heteroatoms. The van der Waals surface area contributed by atoms with Crippen LogP contribution in [-0.4, -0.2) is 44.9 Å². The molecule has 1 aromatic rings. The molecule has 1 saturated carbocycles. The lowest BCUT2D eigenvalue weighted by Crippen LogP contribution is -2.42. The molecular formula is C18H21F5N2O2S. The van der Waals surface area contributed by atoms with Crippen molar-refractivity contribution in [2.75, 3.05) is 24.4 Å². The van der Waals surface area contributed by atoms with Gasteiger partial charge in [0.2, 0.25) is 5.92 Å². The highest BCUT2D eigenvalue weighted by Gasteiger charge is 2.42.